The van der Waals surface area contributed by atoms with Gasteiger partial charge in [0, 0.05) is 25.1 Å². The number of ether oxygens (including phenoxy) is 2. The van der Waals surface area contributed by atoms with Crippen LogP contribution in [0.15, 0.2) is 47.0 Å². The normalized spacial score (nSPS) is 16.3. The third kappa shape index (κ3) is 3.81. The first kappa shape index (κ1) is 19.0. The van der Waals surface area contributed by atoms with Crippen LogP contribution in [-0.2, 0) is 11.3 Å². The molecule has 29 heavy (non-hydrogen) atoms. The second-order valence-corrected chi connectivity index (χ2v) is 7.14. The minimum atomic E-state index is -0.104. The third-order valence-electron chi connectivity index (χ3n) is 5.21. The SMILES string of the molecule is COc1ccc(CN2CC(c3nc(-c4ccccc4C)no3)CC2=O)cc1OC. The van der Waals surface area contributed by atoms with Crippen molar-refractivity contribution >= 4 is 5.91 Å². The van der Waals surface area contributed by atoms with Crippen molar-refractivity contribution in [2.45, 2.75) is 25.8 Å². The van der Waals surface area contributed by atoms with Gasteiger partial charge in [-0.05, 0) is 30.2 Å². The summed E-state index contributed by atoms with van der Waals surface area (Å²) in [6, 6.07) is 13.6. The van der Waals surface area contributed by atoms with Gasteiger partial charge in [-0.1, -0.05) is 35.5 Å². The minimum absolute atomic E-state index is 0.0698. The average molecular weight is 393 g/mol. The van der Waals surface area contributed by atoms with E-state index in [2.05, 4.69) is 10.1 Å². The molecule has 0 N–H and O–H groups in total. The van der Waals surface area contributed by atoms with E-state index in [0.29, 0.717) is 42.7 Å². The van der Waals surface area contributed by atoms with Crippen molar-refractivity contribution in [3.63, 3.8) is 0 Å². The number of hydrogen-bond acceptors (Lipinski definition) is 6. The summed E-state index contributed by atoms with van der Waals surface area (Å²) in [5, 5.41) is 4.12. The number of benzene rings is 2. The number of hydrogen-bond donors (Lipinski definition) is 0. The molecule has 1 unspecified atom stereocenters. The van der Waals surface area contributed by atoms with E-state index in [0.717, 1.165) is 16.7 Å². The summed E-state index contributed by atoms with van der Waals surface area (Å²) in [4.78, 5) is 18.9. The smallest absolute Gasteiger partial charge is 0.232 e. The van der Waals surface area contributed by atoms with Crippen molar-refractivity contribution in [1.82, 2.24) is 15.0 Å². The van der Waals surface area contributed by atoms with Gasteiger partial charge < -0.3 is 18.9 Å². The van der Waals surface area contributed by atoms with Gasteiger partial charge in [0.05, 0.1) is 20.1 Å². The zero-order valence-corrected chi connectivity index (χ0v) is 16.7. The fourth-order valence-corrected chi connectivity index (χ4v) is 3.62. The Labute approximate surface area is 169 Å². The van der Waals surface area contributed by atoms with Crippen LogP contribution < -0.4 is 9.47 Å². The Bertz CT molecular complexity index is 1030. The van der Waals surface area contributed by atoms with Crippen LogP contribution in [0.4, 0.5) is 0 Å². The van der Waals surface area contributed by atoms with Gasteiger partial charge in [-0.2, -0.15) is 4.98 Å². The van der Waals surface area contributed by atoms with Gasteiger partial charge in [0.25, 0.3) is 0 Å². The largest absolute Gasteiger partial charge is 0.493 e. The summed E-state index contributed by atoms with van der Waals surface area (Å²) in [5.41, 5.74) is 2.99. The fourth-order valence-electron chi connectivity index (χ4n) is 3.62. The van der Waals surface area contributed by atoms with Crippen molar-refractivity contribution < 1.29 is 18.8 Å². The molecule has 2 aromatic carbocycles. The molecule has 0 spiro atoms. The Hall–Kier alpha value is -3.35. The molecule has 1 fully saturated rings. The van der Waals surface area contributed by atoms with E-state index in [-0.39, 0.29) is 11.8 Å². The molecule has 1 aliphatic heterocycles. The highest BCUT2D eigenvalue weighted by Gasteiger charge is 2.34. The average Bonchev–Trinajstić information content (AvgIpc) is 3.35. The van der Waals surface area contributed by atoms with Crippen molar-refractivity contribution in [3.05, 3.63) is 59.5 Å². The highest BCUT2D eigenvalue weighted by atomic mass is 16.5. The summed E-state index contributed by atoms with van der Waals surface area (Å²) in [7, 11) is 3.20. The third-order valence-corrected chi connectivity index (χ3v) is 5.21. The summed E-state index contributed by atoms with van der Waals surface area (Å²) in [6.07, 6.45) is 0.364. The van der Waals surface area contributed by atoms with Crippen LogP contribution in [-0.4, -0.2) is 41.7 Å². The fraction of sp³-hybridized carbons (Fsp3) is 0.318. The number of rotatable bonds is 6. The maximum atomic E-state index is 12.6. The molecule has 2 heterocycles. The van der Waals surface area contributed by atoms with Gasteiger partial charge in [-0.3, -0.25) is 4.79 Å². The molecule has 0 aliphatic carbocycles. The Morgan fingerprint density at radius 2 is 1.93 bits per heavy atom. The molecule has 150 valence electrons. The topological polar surface area (TPSA) is 77.7 Å². The Morgan fingerprint density at radius 3 is 2.69 bits per heavy atom. The number of aromatic nitrogens is 2. The second kappa shape index (κ2) is 7.95. The molecular weight excluding hydrogens is 370 g/mol. The van der Waals surface area contributed by atoms with Crippen LogP contribution in [0.3, 0.4) is 0 Å². The van der Waals surface area contributed by atoms with E-state index in [1.54, 1.807) is 14.2 Å². The predicted molar refractivity (Wildman–Crippen MR) is 107 cm³/mol. The lowest BCUT2D eigenvalue weighted by Crippen LogP contribution is -2.24. The maximum absolute atomic E-state index is 12.6. The van der Waals surface area contributed by atoms with E-state index in [4.69, 9.17) is 14.0 Å². The number of carbonyl (C=O) groups excluding carboxylic acids is 1. The first-order valence-corrected chi connectivity index (χ1v) is 9.47. The number of amides is 1. The lowest BCUT2D eigenvalue weighted by atomic mass is 10.1. The summed E-state index contributed by atoms with van der Waals surface area (Å²) in [5.74, 6) is 2.34. The monoisotopic (exact) mass is 393 g/mol. The summed E-state index contributed by atoms with van der Waals surface area (Å²) in [6.45, 7) is 3.05. The lowest BCUT2D eigenvalue weighted by Gasteiger charge is -2.17. The van der Waals surface area contributed by atoms with Crippen molar-refractivity contribution in [2.75, 3.05) is 20.8 Å². The Kier molecular flexibility index (Phi) is 5.20. The maximum Gasteiger partial charge on any atom is 0.232 e. The van der Waals surface area contributed by atoms with Crippen LogP contribution in [0, 0.1) is 6.92 Å². The van der Waals surface area contributed by atoms with Crippen molar-refractivity contribution in [3.8, 4) is 22.9 Å². The van der Waals surface area contributed by atoms with Crippen molar-refractivity contribution in [2.24, 2.45) is 0 Å². The molecule has 1 aromatic heterocycles. The highest BCUT2D eigenvalue weighted by Crippen LogP contribution is 2.32. The van der Waals surface area contributed by atoms with Crippen molar-refractivity contribution in [1.29, 1.82) is 0 Å². The van der Waals surface area contributed by atoms with Gasteiger partial charge in [0.1, 0.15) is 0 Å². The molecule has 1 aliphatic rings. The number of aryl methyl sites for hydroxylation is 1. The zero-order chi connectivity index (χ0) is 20.4. The van der Waals surface area contributed by atoms with E-state index in [9.17, 15) is 4.79 Å². The molecule has 7 heteroatoms. The molecule has 1 atom stereocenters. The van der Waals surface area contributed by atoms with E-state index in [1.807, 2.05) is 54.3 Å². The van der Waals surface area contributed by atoms with E-state index >= 15 is 0 Å². The van der Waals surface area contributed by atoms with Crippen LogP contribution in [0.1, 0.15) is 29.4 Å². The number of likely N-dealkylation sites (tertiary alicyclic amines) is 1. The van der Waals surface area contributed by atoms with Gasteiger partial charge in [0.2, 0.25) is 17.6 Å². The van der Waals surface area contributed by atoms with Crippen LogP contribution in [0.5, 0.6) is 11.5 Å². The standard InChI is InChI=1S/C22H23N3O4/c1-14-6-4-5-7-17(14)21-23-22(29-24-21)16-11-20(26)25(13-16)12-15-8-9-18(27-2)19(10-15)28-3/h4-10,16H,11-13H2,1-3H3. The van der Waals surface area contributed by atoms with Gasteiger partial charge in [-0.25, -0.2) is 0 Å². The van der Waals surface area contributed by atoms with Gasteiger partial charge in [-0.15, -0.1) is 0 Å². The summed E-state index contributed by atoms with van der Waals surface area (Å²) >= 11 is 0. The van der Waals surface area contributed by atoms with Crippen LogP contribution in [0.2, 0.25) is 0 Å². The molecule has 7 nitrogen and oxygen atoms in total. The van der Waals surface area contributed by atoms with E-state index < -0.39 is 0 Å². The number of nitrogens with zero attached hydrogens (tertiary/aromatic N) is 3. The summed E-state index contributed by atoms with van der Waals surface area (Å²) < 4.78 is 16.1. The first-order chi connectivity index (χ1) is 14.1. The Morgan fingerprint density at radius 1 is 1.14 bits per heavy atom. The lowest BCUT2D eigenvalue weighted by molar-refractivity contribution is -0.128. The molecule has 0 radical (unpaired) electrons. The Balaban J connectivity index is 1.48. The second-order valence-electron chi connectivity index (χ2n) is 7.14. The molecule has 0 saturated carbocycles. The minimum Gasteiger partial charge on any atom is -0.493 e. The predicted octanol–water partition coefficient (Wildman–Crippen LogP) is 3.58. The molecule has 1 saturated heterocycles. The number of carbonyl (C=O) groups is 1. The van der Waals surface area contributed by atoms with Gasteiger partial charge in [0.15, 0.2) is 11.5 Å². The van der Waals surface area contributed by atoms with Crippen LogP contribution in [0.25, 0.3) is 11.4 Å². The van der Waals surface area contributed by atoms with E-state index in [1.165, 1.54) is 0 Å². The molecule has 3 aromatic rings. The first-order valence-electron chi connectivity index (χ1n) is 9.47. The molecule has 4 rings (SSSR count). The zero-order valence-electron chi connectivity index (χ0n) is 16.7. The molecule has 0 bridgehead atoms. The quantitative estimate of drug-likeness (QED) is 0.637. The van der Waals surface area contributed by atoms with Gasteiger partial charge >= 0.3 is 0 Å². The highest BCUT2D eigenvalue weighted by molar-refractivity contribution is 5.79. The van der Waals surface area contributed by atoms with Crippen LogP contribution >= 0.6 is 0 Å². The number of methoxy groups -OCH3 is 2. The molecule has 1 amide bonds. The molecular formula is C22H23N3O4.